The highest BCUT2D eigenvalue weighted by Crippen LogP contribution is 2.51. The van der Waals surface area contributed by atoms with Gasteiger partial charge in [-0.1, -0.05) is 97.9 Å². The van der Waals surface area contributed by atoms with Crippen LogP contribution in [0.1, 0.15) is 76.8 Å². The summed E-state index contributed by atoms with van der Waals surface area (Å²) in [6.07, 6.45) is -0.896. The van der Waals surface area contributed by atoms with E-state index in [2.05, 4.69) is 48.7 Å². The van der Waals surface area contributed by atoms with Gasteiger partial charge in [-0.3, -0.25) is 14.7 Å². The third-order valence-electron chi connectivity index (χ3n) is 12.4. The van der Waals surface area contributed by atoms with Crippen molar-refractivity contribution < 1.29 is 42.3 Å². The van der Waals surface area contributed by atoms with Gasteiger partial charge >= 0.3 is 6.09 Å². The van der Waals surface area contributed by atoms with Crippen molar-refractivity contribution in [1.82, 2.24) is 24.2 Å². The molecule has 1 N–H and O–H groups in total. The summed E-state index contributed by atoms with van der Waals surface area (Å²) in [5.41, 5.74) is 2.78. The SMILES string of the molecule is CCC(=O)Nc1nc(OC(=O)N(c2ccccc2)c2ccccc2)c2ncn([C@H]3C[C@H](OP(OCCC#N)N(C(C)C)C(C)C)[C@@H](COC(c4ccccc4)(c4ccc(OC)cc4)c4ccc(OC)cc4)O3)c2n1. The second-order valence-electron chi connectivity index (χ2n) is 17.8. The van der Waals surface area contributed by atoms with Crippen molar-refractivity contribution in [3.8, 4) is 23.4 Å². The molecule has 4 atom stereocenters. The van der Waals surface area contributed by atoms with E-state index in [1.807, 2.05) is 115 Å². The first-order valence-corrected chi connectivity index (χ1v) is 25.7. The Labute approximate surface area is 432 Å². The number of hydrogen-bond donors (Lipinski definition) is 1. The highest BCUT2D eigenvalue weighted by Gasteiger charge is 2.45. The van der Waals surface area contributed by atoms with Crippen LogP contribution in [0.15, 0.2) is 146 Å². The Morgan fingerprint density at radius 2 is 1.36 bits per heavy atom. The first-order valence-electron chi connectivity index (χ1n) is 24.5. The summed E-state index contributed by atoms with van der Waals surface area (Å²) in [5, 5.41) is 12.3. The Bertz CT molecular complexity index is 2880. The van der Waals surface area contributed by atoms with Gasteiger partial charge in [0.2, 0.25) is 11.9 Å². The van der Waals surface area contributed by atoms with Crippen LogP contribution in [-0.2, 0) is 28.9 Å². The van der Waals surface area contributed by atoms with Gasteiger partial charge in [0.15, 0.2) is 11.2 Å². The van der Waals surface area contributed by atoms with E-state index in [0.717, 1.165) is 16.7 Å². The van der Waals surface area contributed by atoms with Crippen molar-refractivity contribution in [2.45, 2.75) is 90.0 Å². The molecule has 3 heterocycles. The van der Waals surface area contributed by atoms with Crippen LogP contribution in [0, 0.1) is 11.3 Å². The Hall–Kier alpha value is -7.29. The predicted octanol–water partition coefficient (Wildman–Crippen LogP) is 11.5. The number of anilines is 3. The Morgan fingerprint density at radius 1 is 0.811 bits per heavy atom. The Morgan fingerprint density at radius 3 is 1.89 bits per heavy atom. The number of aromatic nitrogens is 4. The van der Waals surface area contributed by atoms with Crippen molar-refractivity contribution in [3.05, 3.63) is 163 Å². The average molecular weight is 1020 g/mol. The van der Waals surface area contributed by atoms with Crippen LogP contribution >= 0.6 is 8.53 Å². The standard InChI is InChI=1S/C56H61N8O9P/c1-8-49(65)59-54-60-52-51(53(61-54)72-55(66)63(43-21-14-10-15-22-43)44-23-16-11-17-24-44)58-37-62(52)50-35-47(73-74(70-34-18-33-57)64(38(2)3)39(4)5)48(71-50)36-69-56(40-19-12-9-13-20-40,41-25-29-45(67-6)30-26-41)42-27-31-46(68-7)32-28-42/h9-17,19-32,37-39,47-48,50H,8,18,34-36H2,1-7H3,(H,59,60,61,65)/t47-,48+,50+,74?/m0/s1. The van der Waals surface area contributed by atoms with Crippen LogP contribution in [-0.4, -0.2) is 87.9 Å². The fraction of sp³-hybridized carbons (Fsp3) is 0.321. The maximum Gasteiger partial charge on any atom is 0.425 e. The molecule has 7 aromatic rings. The molecular formula is C56H61N8O9P. The van der Waals surface area contributed by atoms with E-state index in [-0.39, 0.29) is 73.5 Å². The molecule has 1 aliphatic rings. The Kier molecular flexibility index (Phi) is 17.6. The molecule has 0 saturated carbocycles. The molecule has 17 nitrogen and oxygen atoms in total. The van der Waals surface area contributed by atoms with Gasteiger partial charge in [-0.25, -0.2) is 19.3 Å². The van der Waals surface area contributed by atoms with E-state index in [0.29, 0.717) is 22.9 Å². The lowest BCUT2D eigenvalue weighted by atomic mass is 9.80. The van der Waals surface area contributed by atoms with E-state index < -0.39 is 38.7 Å². The molecule has 1 saturated heterocycles. The predicted molar refractivity (Wildman–Crippen MR) is 282 cm³/mol. The number of ether oxygens (including phenoxy) is 5. The molecule has 0 radical (unpaired) electrons. The molecule has 2 amide bonds. The minimum Gasteiger partial charge on any atom is -0.497 e. The second-order valence-corrected chi connectivity index (χ2v) is 19.2. The molecule has 0 aliphatic carbocycles. The van der Waals surface area contributed by atoms with Crippen molar-refractivity contribution in [2.75, 3.05) is 37.7 Å². The molecule has 384 valence electrons. The summed E-state index contributed by atoms with van der Waals surface area (Å²) >= 11 is 0. The number of rotatable bonds is 22. The smallest absolute Gasteiger partial charge is 0.425 e. The molecule has 0 bridgehead atoms. The van der Waals surface area contributed by atoms with Gasteiger partial charge in [0, 0.05) is 24.9 Å². The number of hydrogen-bond acceptors (Lipinski definition) is 14. The van der Waals surface area contributed by atoms with Crippen molar-refractivity contribution in [2.24, 2.45) is 0 Å². The van der Waals surface area contributed by atoms with E-state index in [1.165, 1.54) is 4.90 Å². The normalized spacial score (nSPS) is 16.0. The van der Waals surface area contributed by atoms with Crippen molar-refractivity contribution in [3.63, 3.8) is 0 Å². The molecule has 2 aromatic heterocycles. The van der Waals surface area contributed by atoms with Gasteiger partial charge in [0.1, 0.15) is 29.4 Å². The van der Waals surface area contributed by atoms with Crippen molar-refractivity contribution in [1.29, 1.82) is 5.26 Å². The lowest BCUT2D eigenvalue weighted by molar-refractivity contribution is -0.115. The number of methoxy groups -OCH3 is 2. The van der Waals surface area contributed by atoms with Crippen LogP contribution in [0.2, 0.25) is 0 Å². The van der Waals surface area contributed by atoms with Crippen LogP contribution in [0.3, 0.4) is 0 Å². The maximum absolute atomic E-state index is 14.4. The van der Waals surface area contributed by atoms with Gasteiger partial charge in [-0.15, -0.1) is 0 Å². The summed E-state index contributed by atoms with van der Waals surface area (Å²) in [4.78, 5) is 42.8. The molecule has 5 aromatic carbocycles. The molecule has 8 rings (SSSR count). The van der Waals surface area contributed by atoms with E-state index in [4.69, 9.17) is 42.7 Å². The number of fused-ring (bicyclic) bond motifs is 1. The molecule has 18 heteroatoms. The number of nitriles is 1. The molecular weight excluding hydrogens is 960 g/mol. The van der Waals surface area contributed by atoms with Crippen LogP contribution in [0.25, 0.3) is 11.2 Å². The number of carbonyl (C=O) groups is 2. The molecule has 74 heavy (non-hydrogen) atoms. The average Bonchev–Trinajstić information content (AvgIpc) is 4.04. The zero-order valence-corrected chi connectivity index (χ0v) is 43.4. The van der Waals surface area contributed by atoms with E-state index in [1.54, 1.807) is 56.3 Å². The fourth-order valence-corrected chi connectivity index (χ4v) is 10.7. The zero-order valence-electron chi connectivity index (χ0n) is 42.5. The first-order chi connectivity index (χ1) is 36.0. The van der Waals surface area contributed by atoms with Crippen LogP contribution in [0.5, 0.6) is 17.4 Å². The molecule has 1 fully saturated rings. The number of amides is 2. The summed E-state index contributed by atoms with van der Waals surface area (Å²) < 4.78 is 49.4. The summed E-state index contributed by atoms with van der Waals surface area (Å²) in [6, 6.07) is 45.9. The number of nitrogens with zero attached hydrogens (tertiary/aromatic N) is 7. The minimum atomic E-state index is -1.76. The lowest BCUT2D eigenvalue weighted by Crippen LogP contribution is -2.39. The molecule has 0 spiro atoms. The summed E-state index contributed by atoms with van der Waals surface area (Å²) in [5.74, 6) is 0.726. The first kappa shape index (κ1) is 53.0. The lowest BCUT2D eigenvalue weighted by Gasteiger charge is -2.39. The topological polar surface area (TPSA) is 185 Å². The van der Waals surface area contributed by atoms with Gasteiger partial charge in [-0.05, 0) is 92.9 Å². The molecule has 1 aliphatic heterocycles. The number of imidazole rings is 1. The van der Waals surface area contributed by atoms with Crippen molar-refractivity contribution >= 4 is 49.0 Å². The monoisotopic (exact) mass is 1020 g/mol. The van der Waals surface area contributed by atoms with Gasteiger partial charge in [0.25, 0.3) is 14.4 Å². The second kappa shape index (κ2) is 24.6. The van der Waals surface area contributed by atoms with E-state index in [9.17, 15) is 14.9 Å². The summed E-state index contributed by atoms with van der Waals surface area (Å²) in [6.45, 7) is 10.2. The number of carbonyl (C=O) groups excluding carboxylic acids is 2. The van der Waals surface area contributed by atoms with Gasteiger partial charge < -0.3 is 32.7 Å². The van der Waals surface area contributed by atoms with Crippen LogP contribution in [0.4, 0.5) is 22.1 Å². The largest absolute Gasteiger partial charge is 0.497 e. The number of benzene rings is 5. The zero-order chi connectivity index (χ0) is 52.2. The fourth-order valence-electron chi connectivity index (χ4n) is 8.91. The highest BCUT2D eigenvalue weighted by atomic mass is 31.2. The van der Waals surface area contributed by atoms with Gasteiger partial charge in [-0.2, -0.15) is 15.2 Å². The summed E-state index contributed by atoms with van der Waals surface area (Å²) in [7, 11) is 1.49. The highest BCUT2D eigenvalue weighted by molar-refractivity contribution is 7.44. The number of nitrogens with one attached hydrogen (secondary N) is 1. The third kappa shape index (κ3) is 11.9. The Balaban J connectivity index is 1.22. The van der Waals surface area contributed by atoms with Crippen LogP contribution < -0.4 is 24.4 Å². The number of para-hydroxylation sites is 2. The molecule has 1 unspecified atom stereocenters. The van der Waals surface area contributed by atoms with E-state index >= 15 is 0 Å². The van der Waals surface area contributed by atoms with Gasteiger partial charge in [0.05, 0.1) is 63.7 Å². The quantitative estimate of drug-likeness (QED) is 0.0384. The maximum atomic E-state index is 14.4. The minimum absolute atomic E-state index is 0.00403. The third-order valence-corrected chi connectivity index (χ3v) is 14.5.